The molecule has 1 saturated carbocycles. The highest BCUT2D eigenvalue weighted by Gasteiger charge is 2.44. The third-order valence-electron chi connectivity index (χ3n) is 5.55. The van der Waals surface area contributed by atoms with E-state index in [0.717, 1.165) is 49.0 Å². The lowest BCUT2D eigenvalue weighted by molar-refractivity contribution is -0.137. The number of rotatable bonds is 8. The van der Waals surface area contributed by atoms with Crippen LogP contribution in [0, 0.1) is 11.8 Å². The first-order valence-electron chi connectivity index (χ1n) is 11.6. The molecule has 3 nitrogen and oxygen atoms in total. The number of benzene rings is 1. The van der Waals surface area contributed by atoms with Gasteiger partial charge in [-0.3, -0.25) is 9.69 Å². The zero-order valence-electron chi connectivity index (χ0n) is 19.7. The van der Waals surface area contributed by atoms with E-state index in [2.05, 4.69) is 23.2 Å². The van der Waals surface area contributed by atoms with Crippen LogP contribution in [-0.2, 0) is 17.5 Å². The number of nitrogens with one attached hydrogen (secondary N) is 1. The van der Waals surface area contributed by atoms with Gasteiger partial charge in [0.25, 0.3) is 0 Å². The predicted molar refractivity (Wildman–Crippen MR) is 128 cm³/mol. The molecule has 2 aliphatic rings. The van der Waals surface area contributed by atoms with Crippen LogP contribution in [0.3, 0.4) is 0 Å². The standard InChI is InChI=1S/C14H21NO.C13H14F3N/c1-4-7-9-13(10-8-5-2)11-12-14(16)15-6-3;14-13(15,16)12-3-1-9(2-4-12)6-17-7-10-5-11(10)8-17/h4,7-12H,5-6H2,1-3H3,(H,15,16);1-4,10-11H,5-8H2/b7-4-,10-8+,12-11+,13-9+;. The van der Waals surface area contributed by atoms with Crippen molar-refractivity contribution in [3.05, 3.63) is 83.5 Å². The molecule has 1 saturated heterocycles. The number of nitrogens with zero attached hydrogens (tertiary/aromatic N) is 1. The fraction of sp³-hybridized carbons (Fsp3) is 0.444. The number of hydrogen-bond donors (Lipinski definition) is 1. The van der Waals surface area contributed by atoms with Crippen LogP contribution in [0.25, 0.3) is 0 Å². The molecule has 3 rings (SSSR count). The van der Waals surface area contributed by atoms with Crippen LogP contribution in [0.5, 0.6) is 0 Å². The minimum atomic E-state index is -4.23. The van der Waals surface area contributed by atoms with Gasteiger partial charge in [-0.1, -0.05) is 49.4 Å². The van der Waals surface area contributed by atoms with Crippen molar-refractivity contribution in [2.24, 2.45) is 11.8 Å². The van der Waals surface area contributed by atoms with E-state index in [1.54, 1.807) is 18.2 Å². The highest BCUT2D eigenvalue weighted by Crippen LogP contribution is 2.45. The molecule has 1 aliphatic carbocycles. The second kappa shape index (κ2) is 13.2. The SMILES string of the molecule is C\C=C/C=C(\C=C\CC)/C=C/C(=O)NCC.FC(F)(F)c1ccc(CN2CC3CC3C2)cc1. The van der Waals surface area contributed by atoms with E-state index in [4.69, 9.17) is 0 Å². The van der Waals surface area contributed by atoms with Crippen LogP contribution >= 0.6 is 0 Å². The van der Waals surface area contributed by atoms with Crippen molar-refractivity contribution < 1.29 is 18.0 Å². The Morgan fingerprint density at radius 3 is 2.30 bits per heavy atom. The van der Waals surface area contributed by atoms with Crippen molar-refractivity contribution in [1.29, 1.82) is 0 Å². The number of halogens is 3. The summed E-state index contributed by atoms with van der Waals surface area (Å²) in [6.45, 7) is 9.62. The number of alkyl halides is 3. The number of carbonyl (C=O) groups excluding carboxylic acids is 1. The summed E-state index contributed by atoms with van der Waals surface area (Å²) < 4.78 is 37.1. The molecule has 2 fully saturated rings. The third-order valence-corrected chi connectivity index (χ3v) is 5.55. The fourth-order valence-electron chi connectivity index (χ4n) is 3.71. The Kier molecular flexibility index (Phi) is 10.7. The minimum absolute atomic E-state index is 0.0567. The van der Waals surface area contributed by atoms with E-state index in [1.165, 1.54) is 18.6 Å². The van der Waals surface area contributed by atoms with Crippen molar-refractivity contribution in [1.82, 2.24) is 10.2 Å². The Morgan fingerprint density at radius 2 is 1.76 bits per heavy atom. The summed E-state index contributed by atoms with van der Waals surface area (Å²) in [5.74, 6) is 1.67. The Bertz CT molecular complexity index is 856. The molecule has 2 atom stereocenters. The van der Waals surface area contributed by atoms with Gasteiger partial charge in [0.05, 0.1) is 5.56 Å². The first kappa shape index (κ1) is 26.7. The van der Waals surface area contributed by atoms with Gasteiger partial charge in [0, 0.05) is 32.3 Å². The van der Waals surface area contributed by atoms with Gasteiger partial charge in [0.1, 0.15) is 0 Å². The van der Waals surface area contributed by atoms with Crippen molar-refractivity contribution in [2.45, 2.75) is 46.3 Å². The Hall–Kier alpha value is -2.60. The summed E-state index contributed by atoms with van der Waals surface area (Å²) in [6.07, 6.45) is 11.4. The van der Waals surface area contributed by atoms with Gasteiger partial charge in [0.2, 0.25) is 5.91 Å². The maximum absolute atomic E-state index is 12.4. The van der Waals surface area contributed by atoms with E-state index in [-0.39, 0.29) is 5.91 Å². The Balaban J connectivity index is 0.000000235. The highest BCUT2D eigenvalue weighted by atomic mass is 19.4. The van der Waals surface area contributed by atoms with Crippen molar-refractivity contribution in [3.8, 4) is 0 Å². The predicted octanol–water partition coefficient (Wildman–Crippen LogP) is 6.30. The van der Waals surface area contributed by atoms with E-state index in [0.29, 0.717) is 6.54 Å². The zero-order valence-corrected chi connectivity index (χ0v) is 19.7. The molecule has 0 spiro atoms. The number of carbonyl (C=O) groups is 1. The molecule has 1 aromatic carbocycles. The lowest BCUT2D eigenvalue weighted by Crippen LogP contribution is -2.22. The zero-order chi connectivity index (χ0) is 24.3. The number of likely N-dealkylation sites (N-methyl/N-ethyl adjacent to an activating group) is 1. The summed E-state index contributed by atoms with van der Waals surface area (Å²) in [5.41, 5.74) is 1.43. The molecule has 1 amide bonds. The number of hydrogen-bond acceptors (Lipinski definition) is 2. The van der Waals surface area contributed by atoms with E-state index < -0.39 is 11.7 Å². The fourth-order valence-corrected chi connectivity index (χ4v) is 3.71. The van der Waals surface area contributed by atoms with E-state index in [9.17, 15) is 18.0 Å². The molecule has 1 aromatic rings. The van der Waals surface area contributed by atoms with Crippen molar-refractivity contribution in [2.75, 3.05) is 19.6 Å². The smallest absolute Gasteiger partial charge is 0.353 e. The third kappa shape index (κ3) is 9.82. The molecule has 0 aromatic heterocycles. The largest absolute Gasteiger partial charge is 0.416 e. The van der Waals surface area contributed by atoms with Gasteiger partial charge in [0.15, 0.2) is 0 Å². The molecule has 6 heteroatoms. The molecule has 0 radical (unpaired) electrons. The second-order valence-electron chi connectivity index (χ2n) is 8.38. The van der Waals surface area contributed by atoms with Gasteiger partial charge in [-0.2, -0.15) is 13.2 Å². The summed E-state index contributed by atoms with van der Waals surface area (Å²) >= 11 is 0. The van der Waals surface area contributed by atoms with Crippen LogP contribution in [0.1, 0.15) is 44.7 Å². The number of amides is 1. The van der Waals surface area contributed by atoms with Crippen LogP contribution in [-0.4, -0.2) is 30.4 Å². The Labute approximate surface area is 195 Å². The topological polar surface area (TPSA) is 32.3 Å². The highest BCUT2D eigenvalue weighted by molar-refractivity contribution is 5.88. The number of allylic oxidation sites excluding steroid dienone is 7. The quantitative estimate of drug-likeness (QED) is 0.364. The van der Waals surface area contributed by atoms with Gasteiger partial charge in [-0.05, 0) is 67.9 Å². The van der Waals surface area contributed by atoms with E-state index >= 15 is 0 Å². The van der Waals surface area contributed by atoms with Gasteiger partial charge < -0.3 is 5.32 Å². The van der Waals surface area contributed by atoms with Gasteiger partial charge >= 0.3 is 6.18 Å². The molecule has 180 valence electrons. The maximum Gasteiger partial charge on any atom is 0.416 e. The van der Waals surface area contributed by atoms with Crippen LogP contribution < -0.4 is 5.32 Å². The number of fused-ring (bicyclic) bond motifs is 1. The van der Waals surface area contributed by atoms with Crippen LogP contribution in [0.4, 0.5) is 13.2 Å². The summed E-state index contributed by atoms with van der Waals surface area (Å²) in [5, 5.41) is 2.72. The number of likely N-dealkylation sites (tertiary alicyclic amines) is 1. The van der Waals surface area contributed by atoms with Crippen molar-refractivity contribution in [3.63, 3.8) is 0 Å². The molecule has 1 N–H and O–H groups in total. The summed E-state index contributed by atoms with van der Waals surface area (Å²) in [6, 6.07) is 5.53. The van der Waals surface area contributed by atoms with Crippen LogP contribution in [0.15, 0.2) is 72.4 Å². The second-order valence-corrected chi connectivity index (χ2v) is 8.38. The van der Waals surface area contributed by atoms with Gasteiger partial charge in [-0.25, -0.2) is 0 Å². The summed E-state index contributed by atoms with van der Waals surface area (Å²) in [7, 11) is 0. The minimum Gasteiger partial charge on any atom is -0.353 e. The average molecular weight is 461 g/mol. The normalized spacial score (nSPS) is 20.8. The number of piperidine rings is 1. The molecule has 2 unspecified atom stereocenters. The van der Waals surface area contributed by atoms with Crippen LogP contribution in [0.2, 0.25) is 0 Å². The molecule has 0 bridgehead atoms. The molecule has 1 heterocycles. The molecule has 1 aliphatic heterocycles. The lowest BCUT2D eigenvalue weighted by Gasteiger charge is -2.17. The Morgan fingerprint density at radius 1 is 1.09 bits per heavy atom. The lowest BCUT2D eigenvalue weighted by atomic mass is 10.1. The van der Waals surface area contributed by atoms with Gasteiger partial charge in [-0.15, -0.1) is 0 Å². The first-order chi connectivity index (χ1) is 15.8. The maximum atomic E-state index is 12.4. The monoisotopic (exact) mass is 460 g/mol. The molecule has 33 heavy (non-hydrogen) atoms. The average Bonchev–Trinajstić information content (AvgIpc) is 3.39. The summed E-state index contributed by atoms with van der Waals surface area (Å²) in [4.78, 5) is 13.6. The van der Waals surface area contributed by atoms with E-state index in [1.807, 2.05) is 44.2 Å². The molecular weight excluding hydrogens is 425 g/mol. The first-order valence-corrected chi connectivity index (χ1v) is 11.6. The molecular formula is C27H35F3N2O. The van der Waals surface area contributed by atoms with Crippen molar-refractivity contribution >= 4 is 5.91 Å².